The fourth-order valence-electron chi connectivity index (χ4n) is 2.58. The number of rotatable bonds is 4. The van der Waals surface area contributed by atoms with Gasteiger partial charge in [0.1, 0.15) is 0 Å². The molecule has 106 valence electrons. The molecule has 1 aliphatic rings. The third-order valence-electron chi connectivity index (χ3n) is 3.54. The van der Waals surface area contributed by atoms with Gasteiger partial charge in [-0.05, 0) is 33.0 Å². The number of aliphatic hydroxyl groups is 1. The lowest BCUT2D eigenvalue weighted by Gasteiger charge is -2.37. The van der Waals surface area contributed by atoms with Crippen LogP contribution in [0.4, 0.5) is 5.95 Å². The van der Waals surface area contributed by atoms with Gasteiger partial charge in [-0.3, -0.25) is 4.90 Å². The highest BCUT2D eigenvalue weighted by molar-refractivity contribution is 5.17. The second kappa shape index (κ2) is 6.27. The summed E-state index contributed by atoms with van der Waals surface area (Å²) in [5.41, 5.74) is 6.50. The fourth-order valence-corrected chi connectivity index (χ4v) is 2.58. The first-order valence-electron chi connectivity index (χ1n) is 6.66. The van der Waals surface area contributed by atoms with Crippen LogP contribution in [-0.2, 0) is 6.54 Å². The van der Waals surface area contributed by atoms with Crippen molar-refractivity contribution in [2.45, 2.75) is 19.1 Å². The van der Waals surface area contributed by atoms with Crippen molar-refractivity contribution in [1.82, 2.24) is 19.8 Å². The Hall–Kier alpha value is -1.24. The van der Waals surface area contributed by atoms with Gasteiger partial charge in [0.05, 0.1) is 6.10 Å². The Labute approximate surface area is 114 Å². The largest absolute Gasteiger partial charge is 0.391 e. The van der Waals surface area contributed by atoms with Crippen LogP contribution in [0.3, 0.4) is 0 Å². The standard InChI is InChI=1S/C13H23N5O/c1-17(2)8-11-3-4-18(9-12(11)19)7-10-5-15-13(14)16-6-10/h5-6,11-12,19H,3-4,7-9H2,1-2H3,(H2,14,15,16)/t11-,12+/m0/s1. The van der Waals surface area contributed by atoms with Crippen LogP contribution in [0.2, 0.25) is 0 Å². The van der Waals surface area contributed by atoms with Crippen molar-refractivity contribution in [1.29, 1.82) is 0 Å². The molecule has 0 spiro atoms. The van der Waals surface area contributed by atoms with Crippen LogP contribution in [0.15, 0.2) is 12.4 Å². The number of piperidine rings is 1. The van der Waals surface area contributed by atoms with Crippen LogP contribution in [0, 0.1) is 5.92 Å². The Kier molecular flexibility index (Phi) is 4.68. The minimum absolute atomic E-state index is 0.258. The molecule has 0 amide bonds. The van der Waals surface area contributed by atoms with Crippen molar-refractivity contribution in [3.63, 3.8) is 0 Å². The highest BCUT2D eigenvalue weighted by atomic mass is 16.3. The summed E-state index contributed by atoms with van der Waals surface area (Å²) >= 11 is 0. The van der Waals surface area contributed by atoms with Crippen molar-refractivity contribution in [2.24, 2.45) is 5.92 Å². The highest BCUT2D eigenvalue weighted by Crippen LogP contribution is 2.20. The van der Waals surface area contributed by atoms with Gasteiger partial charge in [0.15, 0.2) is 0 Å². The molecule has 1 aromatic rings. The minimum Gasteiger partial charge on any atom is -0.391 e. The van der Waals surface area contributed by atoms with E-state index >= 15 is 0 Å². The fraction of sp³-hybridized carbons (Fsp3) is 0.692. The average Bonchev–Trinajstić information content (AvgIpc) is 2.35. The highest BCUT2D eigenvalue weighted by Gasteiger charge is 2.27. The Bertz CT molecular complexity index is 395. The number of anilines is 1. The molecule has 0 aromatic carbocycles. The summed E-state index contributed by atoms with van der Waals surface area (Å²) in [7, 11) is 4.09. The molecule has 0 saturated carbocycles. The van der Waals surface area contributed by atoms with E-state index in [4.69, 9.17) is 5.73 Å². The smallest absolute Gasteiger partial charge is 0.219 e. The second-order valence-corrected chi connectivity index (χ2v) is 5.56. The van der Waals surface area contributed by atoms with Gasteiger partial charge in [-0.15, -0.1) is 0 Å². The van der Waals surface area contributed by atoms with Gasteiger partial charge in [0.2, 0.25) is 5.95 Å². The number of aromatic nitrogens is 2. The Morgan fingerprint density at radius 1 is 1.42 bits per heavy atom. The van der Waals surface area contributed by atoms with Crippen LogP contribution in [0.1, 0.15) is 12.0 Å². The third-order valence-corrected chi connectivity index (χ3v) is 3.54. The van der Waals surface area contributed by atoms with E-state index in [1.165, 1.54) is 0 Å². The van der Waals surface area contributed by atoms with Crippen molar-refractivity contribution in [2.75, 3.05) is 39.5 Å². The van der Waals surface area contributed by atoms with E-state index in [2.05, 4.69) is 19.8 Å². The van der Waals surface area contributed by atoms with E-state index in [9.17, 15) is 5.11 Å². The number of likely N-dealkylation sites (tertiary alicyclic amines) is 1. The van der Waals surface area contributed by atoms with E-state index < -0.39 is 0 Å². The SMILES string of the molecule is CN(C)C[C@@H]1CCN(Cc2cnc(N)nc2)C[C@H]1O. The molecule has 1 saturated heterocycles. The van der Waals surface area contributed by atoms with Crippen LogP contribution in [0.25, 0.3) is 0 Å². The van der Waals surface area contributed by atoms with E-state index in [1.807, 2.05) is 14.1 Å². The summed E-state index contributed by atoms with van der Waals surface area (Å²) in [5, 5.41) is 10.2. The minimum atomic E-state index is -0.258. The number of hydrogen-bond acceptors (Lipinski definition) is 6. The molecule has 1 aliphatic heterocycles. The predicted octanol–water partition coefficient (Wildman–Crippen LogP) is -0.197. The van der Waals surface area contributed by atoms with Crippen molar-refractivity contribution in [3.8, 4) is 0 Å². The Morgan fingerprint density at radius 3 is 2.68 bits per heavy atom. The maximum absolute atomic E-state index is 10.2. The van der Waals surface area contributed by atoms with Gasteiger partial charge in [-0.2, -0.15) is 0 Å². The average molecular weight is 265 g/mol. The van der Waals surface area contributed by atoms with Crippen molar-refractivity contribution < 1.29 is 5.11 Å². The van der Waals surface area contributed by atoms with Gasteiger partial charge in [-0.1, -0.05) is 0 Å². The lowest BCUT2D eigenvalue weighted by molar-refractivity contribution is 0.00909. The topological polar surface area (TPSA) is 78.5 Å². The van der Waals surface area contributed by atoms with Gasteiger partial charge in [0.25, 0.3) is 0 Å². The number of nitrogens with zero attached hydrogens (tertiary/aromatic N) is 4. The molecule has 1 aromatic heterocycles. The van der Waals surface area contributed by atoms with E-state index in [0.29, 0.717) is 18.4 Å². The molecule has 6 heteroatoms. The summed E-state index contributed by atoms with van der Waals surface area (Å²) in [4.78, 5) is 12.4. The summed E-state index contributed by atoms with van der Waals surface area (Å²) < 4.78 is 0. The molecule has 1 fully saturated rings. The molecule has 0 aliphatic carbocycles. The number of aliphatic hydroxyl groups excluding tert-OH is 1. The normalized spacial score (nSPS) is 24.8. The molecule has 3 N–H and O–H groups in total. The first-order valence-corrected chi connectivity index (χ1v) is 6.66. The Balaban J connectivity index is 1.86. The zero-order valence-electron chi connectivity index (χ0n) is 11.7. The molecule has 2 atom stereocenters. The molecule has 6 nitrogen and oxygen atoms in total. The van der Waals surface area contributed by atoms with Crippen LogP contribution < -0.4 is 5.73 Å². The van der Waals surface area contributed by atoms with E-state index in [1.54, 1.807) is 12.4 Å². The first-order chi connectivity index (χ1) is 9.04. The van der Waals surface area contributed by atoms with Gasteiger partial charge < -0.3 is 15.7 Å². The van der Waals surface area contributed by atoms with Gasteiger partial charge in [0, 0.05) is 37.6 Å². The zero-order chi connectivity index (χ0) is 13.8. The van der Waals surface area contributed by atoms with Crippen molar-refractivity contribution in [3.05, 3.63) is 18.0 Å². The molecule has 0 bridgehead atoms. The summed E-state index contributed by atoms with van der Waals surface area (Å²) in [5.74, 6) is 0.669. The number of β-amino-alcohol motifs (C(OH)–C–C–N with tert-alkyl or cyclic N) is 1. The van der Waals surface area contributed by atoms with E-state index in [0.717, 1.165) is 31.6 Å². The molecule has 2 heterocycles. The van der Waals surface area contributed by atoms with Crippen LogP contribution in [-0.4, -0.2) is 64.7 Å². The molecule has 0 radical (unpaired) electrons. The number of nitrogen functional groups attached to an aromatic ring is 1. The summed E-state index contributed by atoms with van der Waals surface area (Å²) in [6.45, 7) is 3.43. The zero-order valence-corrected chi connectivity index (χ0v) is 11.7. The maximum Gasteiger partial charge on any atom is 0.219 e. The van der Waals surface area contributed by atoms with E-state index in [-0.39, 0.29) is 6.10 Å². The first kappa shape index (κ1) is 14.2. The summed E-state index contributed by atoms with van der Waals surface area (Å²) in [6.07, 6.45) is 4.27. The molecular weight excluding hydrogens is 242 g/mol. The second-order valence-electron chi connectivity index (χ2n) is 5.56. The maximum atomic E-state index is 10.2. The number of hydrogen-bond donors (Lipinski definition) is 2. The molecular formula is C13H23N5O. The Morgan fingerprint density at radius 2 is 2.11 bits per heavy atom. The lowest BCUT2D eigenvalue weighted by atomic mass is 9.93. The third kappa shape index (κ3) is 4.12. The van der Waals surface area contributed by atoms with Gasteiger partial charge >= 0.3 is 0 Å². The lowest BCUT2D eigenvalue weighted by Crippen LogP contribution is -2.46. The predicted molar refractivity (Wildman–Crippen MR) is 74.4 cm³/mol. The molecule has 19 heavy (non-hydrogen) atoms. The molecule has 2 rings (SSSR count). The summed E-state index contributed by atoms with van der Waals surface area (Å²) in [6, 6.07) is 0. The quantitative estimate of drug-likeness (QED) is 0.785. The van der Waals surface area contributed by atoms with Gasteiger partial charge in [-0.25, -0.2) is 9.97 Å². The van der Waals surface area contributed by atoms with Crippen LogP contribution in [0.5, 0.6) is 0 Å². The number of nitrogens with two attached hydrogens (primary N) is 1. The van der Waals surface area contributed by atoms with Crippen LogP contribution >= 0.6 is 0 Å². The van der Waals surface area contributed by atoms with Crippen molar-refractivity contribution >= 4 is 5.95 Å². The monoisotopic (exact) mass is 265 g/mol. The molecule has 0 unspecified atom stereocenters.